The van der Waals surface area contributed by atoms with Crippen LogP contribution in [-0.2, 0) is 6.54 Å². The number of pyridine rings is 1. The van der Waals surface area contributed by atoms with Crippen LogP contribution < -0.4 is 0 Å². The van der Waals surface area contributed by atoms with E-state index in [0.29, 0.717) is 23.8 Å². The highest BCUT2D eigenvalue weighted by Gasteiger charge is 2.27. The first-order valence-electron chi connectivity index (χ1n) is 7.04. The van der Waals surface area contributed by atoms with Crippen LogP contribution in [0, 0.1) is 5.95 Å². The Balaban J connectivity index is 1.67. The molecule has 0 amide bonds. The van der Waals surface area contributed by atoms with Crippen LogP contribution in [0.2, 0.25) is 0 Å². The summed E-state index contributed by atoms with van der Waals surface area (Å²) in [6, 6.07) is 3.61. The van der Waals surface area contributed by atoms with Crippen molar-refractivity contribution >= 4 is 11.6 Å². The van der Waals surface area contributed by atoms with Crippen LogP contribution in [-0.4, -0.2) is 30.2 Å². The molecule has 0 bridgehead atoms. The highest BCUT2D eigenvalue weighted by atomic mass is 19.1. The van der Waals surface area contributed by atoms with Gasteiger partial charge in [-0.25, -0.2) is 9.78 Å². The number of aromatic nitrogens is 4. The lowest BCUT2D eigenvalue weighted by molar-refractivity contribution is 0.0697. The predicted octanol–water partition coefficient (Wildman–Crippen LogP) is 2.29. The van der Waals surface area contributed by atoms with Gasteiger partial charge in [0.2, 0.25) is 5.95 Å². The summed E-state index contributed by atoms with van der Waals surface area (Å²) < 4.78 is 17.4. The Morgan fingerprint density at radius 3 is 2.86 bits per heavy atom. The molecule has 1 saturated carbocycles. The number of carboxylic acids is 1. The number of nitrogens with zero attached hydrogens (tertiary/aromatic N) is 4. The maximum atomic E-state index is 14.4. The molecule has 7 heteroatoms. The molecule has 4 rings (SSSR count). The van der Waals surface area contributed by atoms with Gasteiger partial charge in [0.15, 0.2) is 0 Å². The number of imidazole rings is 1. The van der Waals surface area contributed by atoms with Gasteiger partial charge in [0.25, 0.3) is 0 Å². The molecule has 0 radical (unpaired) electrons. The molecular weight excluding hydrogens is 287 g/mol. The van der Waals surface area contributed by atoms with E-state index in [-0.39, 0.29) is 11.5 Å². The second kappa shape index (κ2) is 4.66. The van der Waals surface area contributed by atoms with Gasteiger partial charge >= 0.3 is 5.97 Å². The molecule has 0 aromatic carbocycles. The number of aromatic carboxylic acids is 1. The van der Waals surface area contributed by atoms with Crippen molar-refractivity contribution in [2.75, 3.05) is 0 Å². The van der Waals surface area contributed by atoms with Gasteiger partial charge in [-0.2, -0.15) is 9.49 Å². The van der Waals surface area contributed by atoms with Crippen LogP contribution in [0.25, 0.3) is 5.65 Å². The minimum atomic E-state index is -1.03. The monoisotopic (exact) mass is 300 g/mol. The summed E-state index contributed by atoms with van der Waals surface area (Å²) >= 11 is 0. The van der Waals surface area contributed by atoms with Crippen LogP contribution in [0.1, 0.15) is 40.4 Å². The minimum absolute atomic E-state index is 0.117. The van der Waals surface area contributed by atoms with Gasteiger partial charge in [-0.1, -0.05) is 6.07 Å². The van der Waals surface area contributed by atoms with Crippen LogP contribution in [0.4, 0.5) is 4.39 Å². The zero-order valence-electron chi connectivity index (χ0n) is 11.6. The number of carbonyl (C=O) groups is 1. The smallest absolute Gasteiger partial charge is 0.338 e. The Labute approximate surface area is 124 Å². The molecule has 3 heterocycles. The average Bonchev–Trinajstić information content (AvgIpc) is 3.06. The van der Waals surface area contributed by atoms with Gasteiger partial charge in [-0.05, 0) is 24.8 Å². The molecule has 0 saturated heterocycles. The SMILES string of the molecule is O=C(O)c1cnn(Cc2cn3c(F)c(C4CC4)ccc3n2)c1. The van der Waals surface area contributed by atoms with E-state index < -0.39 is 5.97 Å². The summed E-state index contributed by atoms with van der Waals surface area (Å²) in [6.07, 6.45) is 6.42. The summed E-state index contributed by atoms with van der Waals surface area (Å²) in [6.45, 7) is 0.299. The summed E-state index contributed by atoms with van der Waals surface area (Å²) in [7, 11) is 0. The molecule has 0 atom stereocenters. The molecule has 6 nitrogen and oxygen atoms in total. The molecule has 22 heavy (non-hydrogen) atoms. The molecule has 3 aromatic heterocycles. The molecular formula is C15H13FN4O2. The van der Waals surface area contributed by atoms with Crippen molar-refractivity contribution < 1.29 is 14.3 Å². The zero-order chi connectivity index (χ0) is 15.3. The Bertz CT molecular complexity index is 879. The topological polar surface area (TPSA) is 72.4 Å². The first kappa shape index (κ1) is 13.0. The van der Waals surface area contributed by atoms with Gasteiger partial charge in [0.05, 0.1) is 24.0 Å². The largest absolute Gasteiger partial charge is 0.478 e. The number of hydrogen-bond acceptors (Lipinski definition) is 3. The molecule has 0 spiro atoms. The molecule has 1 aliphatic rings. The summed E-state index contributed by atoms with van der Waals surface area (Å²) in [5, 5.41) is 12.9. The van der Waals surface area contributed by atoms with E-state index in [4.69, 9.17) is 5.11 Å². The standard InChI is InChI=1S/C15H13FN4O2/c16-14-12(9-1-2-9)3-4-13-18-11(8-20(13)14)7-19-6-10(5-17-19)15(21)22/h3-6,8-9H,1-2,7H2,(H,21,22). The van der Waals surface area contributed by atoms with Crippen molar-refractivity contribution in [3.63, 3.8) is 0 Å². The van der Waals surface area contributed by atoms with Crippen LogP contribution in [0.15, 0.2) is 30.7 Å². The second-order valence-corrected chi connectivity index (χ2v) is 5.55. The fourth-order valence-corrected chi connectivity index (χ4v) is 2.59. The fraction of sp³-hybridized carbons (Fsp3) is 0.267. The number of fused-ring (bicyclic) bond motifs is 1. The highest BCUT2D eigenvalue weighted by Crippen LogP contribution is 2.41. The van der Waals surface area contributed by atoms with Crippen LogP contribution >= 0.6 is 0 Å². The zero-order valence-corrected chi connectivity index (χ0v) is 11.6. The van der Waals surface area contributed by atoms with Crippen molar-refractivity contribution in [1.29, 1.82) is 0 Å². The van der Waals surface area contributed by atoms with E-state index in [1.165, 1.54) is 21.5 Å². The van der Waals surface area contributed by atoms with Gasteiger partial charge in [-0.15, -0.1) is 0 Å². The molecule has 0 aliphatic heterocycles. The maximum absolute atomic E-state index is 14.4. The highest BCUT2D eigenvalue weighted by molar-refractivity contribution is 5.86. The van der Waals surface area contributed by atoms with Crippen molar-refractivity contribution in [2.45, 2.75) is 25.3 Å². The average molecular weight is 300 g/mol. The van der Waals surface area contributed by atoms with E-state index in [1.807, 2.05) is 6.07 Å². The first-order valence-corrected chi connectivity index (χ1v) is 7.04. The van der Waals surface area contributed by atoms with Crippen LogP contribution in [0.3, 0.4) is 0 Å². The van der Waals surface area contributed by atoms with Crippen LogP contribution in [0.5, 0.6) is 0 Å². The second-order valence-electron chi connectivity index (χ2n) is 5.55. The number of carboxylic acid groups (broad SMARTS) is 1. The molecule has 1 aliphatic carbocycles. The van der Waals surface area contributed by atoms with E-state index in [2.05, 4.69) is 10.1 Å². The summed E-state index contributed by atoms with van der Waals surface area (Å²) in [4.78, 5) is 15.2. The van der Waals surface area contributed by atoms with Gasteiger partial charge in [0, 0.05) is 18.0 Å². The van der Waals surface area contributed by atoms with Crippen molar-refractivity contribution in [3.05, 3.63) is 53.5 Å². The van der Waals surface area contributed by atoms with Crippen molar-refractivity contribution in [3.8, 4) is 0 Å². The van der Waals surface area contributed by atoms with Crippen molar-refractivity contribution in [2.24, 2.45) is 0 Å². The van der Waals surface area contributed by atoms with E-state index in [0.717, 1.165) is 18.4 Å². The van der Waals surface area contributed by atoms with Gasteiger partial charge in [0.1, 0.15) is 5.65 Å². The Hall–Kier alpha value is -2.70. The maximum Gasteiger partial charge on any atom is 0.338 e. The molecule has 3 aromatic rings. The lowest BCUT2D eigenvalue weighted by Crippen LogP contribution is -2.00. The Morgan fingerprint density at radius 2 is 2.18 bits per heavy atom. The Kier molecular flexibility index (Phi) is 2.75. The normalized spacial score (nSPS) is 14.6. The number of halogens is 1. The summed E-state index contributed by atoms with van der Waals surface area (Å²) in [5.74, 6) is -0.952. The lowest BCUT2D eigenvalue weighted by Gasteiger charge is -2.02. The van der Waals surface area contributed by atoms with E-state index >= 15 is 0 Å². The molecule has 112 valence electrons. The fourth-order valence-electron chi connectivity index (χ4n) is 2.59. The van der Waals surface area contributed by atoms with E-state index in [9.17, 15) is 9.18 Å². The first-order chi connectivity index (χ1) is 10.6. The lowest BCUT2D eigenvalue weighted by atomic mass is 10.2. The minimum Gasteiger partial charge on any atom is -0.478 e. The number of hydrogen-bond donors (Lipinski definition) is 1. The third-order valence-electron chi connectivity index (χ3n) is 3.87. The van der Waals surface area contributed by atoms with Gasteiger partial charge < -0.3 is 5.11 Å². The third-order valence-corrected chi connectivity index (χ3v) is 3.87. The Morgan fingerprint density at radius 1 is 1.36 bits per heavy atom. The molecule has 0 unspecified atom stereocenters. The molecule has 1 fully saturated rings. The third kappa shape index (κ3) is 2.14. The predicted molar refractivity (Wildman–Crippen MR) is 75.4 cm³/mol. The number of rotatable bonds is 4. The van der Waals surface area contributed by atoms with Gasteiger partial charge in [-0.3, -0.25) is 9.08 Å². The quantitative estimate of drug-likeness (QED) is 0.750. The van der Waals surface area contributed by atoms with Crippen molar-refractivity contribution in [1.82, 2.24) is 19.2 Å². The summed E-state index contributed by atoms with van der Waals surface area (Å²) in [5.41, 5.74) is 2.03. The van der Waals surface area contributed by atoms with E-state index in [1.54, 1.807) is 12.3 Å². The molecule has 1 N–H and O–H groups in total.